The van der Waals surface area contributed by atoms with Gasteiger partial charge in [0.05, 0.1) is 24.9 Å². The highest BCUT2D eigenvalue weighted by Gasteiger charge is 2.56. The standard InChI is InChI=1S/C26H33FN6O2/c1-7-16(13-22(28-4)35-6)17-8-9-18(20(34)12-17)24-29-15-21(30-31-24)33(5)19-14-25(2)10-11-26(3,32-25)23(19)27/h7-9,12-13,15,19,23,32,34H,4,10-11,14H2,1-3,5-6H3/b16-7+,22-13+/t19-,23-,25-,26+/m1/s1. The van der Waals surface area contributed by atoms with E-state index in [1.165, 1.54) is 7.11 Å². The number of anilines is 1. The van der Waals surface area contributed by atoms with E-state index in [0.717, 1.165) is 24.0 Å². The van der Waals surface area contributed by atoms with E-state index in [0.29, 0.717) is 23.7 Å². The first kappa shape index (κ1) is 24.8. The van der Waals surface area contributed by atoms with Crippen molar-refractivity contribution in [2.75, 3.05) is 19.1 Å². The zero-order valence-electron chi connectivity index (χ0n) is 20.9. The Morgan fingerprint density at radius 3 is 2.71 bits per heavy atom. The molecule has 186 valence electrons. The maximum Gasteiger partial charge on any atom is 0.212 e. The third kappa shape index (κ3) is 4.65. The molecule has 8 nitrogen and oxygen atoms in total. The fourth-order valence-electron chi connectivity index (χ4n) is 5.29. The Kier molecular flexibility index (Phi) is 6.64. The van der Waals surface area contributed by atoms with Crippen LogP contribution in [0.25, 0.3) is 17.0 Å². The highest BCUT2D eigenvalue weighted by molar-refractivity contribution is 5.78. The molecule has 0 aliphatic carbocycles. The van der Waals surface area contributed by atoms with E-state index in [1.54, 1.807) is 24.4 Å². The zero-order chi connectivity index (χ0) is 25.4. The topological polar surface area (TPSA) is 95.8 Å². The summed E-state index contributed by atoms with van der Waals surface area (Å²) in [5, 5.41) is 22.7. The summed E-state index contributed by atoms with van der Waals surface area (Å²) < 4.78 is 20.6. The average molecular weight is 481 g/mol. The lowest BCUT2D eigenvalue weighted by Crippen LogP contribution is -2.65. The van der Waals surface area contributed by atoms with Gasteiger partial charge in [0.2, 0.25) is 5.88 Å². The van der Waals surface area contributed by atoms with Crippen LogP contribution in [0.5, 0.6) is 5.75 Å². The van der Waals surface area contributed by atoms with Crippen molar-refractivity contribution < 1.29 is 14.2 Å². The number of hydrogen-bond donors (Lipinski definition) is 2. The van der Waals surface area contributed by atoms with Gasteiger partial charge in [-0.05, 0) is 70.0 Å². The van der Waals surface area contributed by atoms with E-state index in [1.807, 2.05) is 37.9 Å². The summed E-state index contributed by atoms with van der Waals surface area (Å²) in [5.74, 6) is 1.17. The Morgan fingerprint density at radius 2 is 2.11 bits per heavy atom. The Bertz CT molecular complexity index is 1170. The van der Waals surface area contributed by atoms with Gasteiger partial charge in [-0.2, -0.15) is 0 Å². The molecule has 0 spiro atoms. The highest BCUT2D eigenvalue weighted by Crippen LogP contribution is 2.45. The molecule has 0 unspecified atom stereocenters. The number of nitrogens with one attached hydrogen (secondary N) is 1. The Morgan fingerprint density at radius 1 is 1.34 bits per heavy atom. The summed E-state index contributed by atoms with van der Waals surface area (Å²) in [6, 6.07) is 4.89. The molecule has 4 atom stereocenters. The second kappa shape index (κ2) is 9.37. The summed E-state index contributed by atoms with van der Waals surface area (Å²) in [7, 11) is 3.36. The molecular formula is C26H33FN6O2. The number of fused-ring (bicyclic) bond motifs is 2. The van der Waals surface area contributed by atoms with Crippen LogP contribution < -0.4 is 10.2 Å². The number of allylic oxidation sites excluding steroid dienone is 3. The number of phenolic OH excluding ortho intramolecular Hbond substituents is 1. The normalized spacial score (nSPS) is 28.6. The van der Waals surface area contributed by atoms with Gasteiger partial charge in [0.25, 0.3) is 0 Å². The number of aliphatic imine (C=N–C) groups is 1. The number of nitrogens with zero attached hydrogens (tertiary/aromatic N) is 5. The lowest BCUT2D eigenvalue weighted by Gasteiger charge is -2.47. The van der Waals surface area contributed by atoms with E-state index >= 15 is 4.39 Å². The molecular weight excluding hydrogens is 447 g/mol. The zero-order valence-corrected chi connectivity index (χ0v) is 20.9. The number of halogens is 1. The number of alkyl halides is 1. The molecule has 2 bridgehead atoms. The van der Waals surface area contributed by atoms with Gasteiger partial charge in [-0.3, -0.25) is 0 Å². The van der Waals surface area contributed by atoms with Gasteiger partial charge in [0.15, 0.2) is 11.6 Å². The van der Waals surface area contributed by atoms with Crippen molar-refractivity contribution in [3.63, 3.8) is 0 Å². The molecule has 2 N–H and O–H groups in total. The van der Waals surface area contributed by atoms with Gasteiger partial charge in [-0.25, -0.2) is 14.4 Å². The first-order chi connectivity index (χ1) is 16.6. The first-order valence-corrected chi connectivity index (χ1v) is 11.7. The van der Waals surface area contributed by atoms with Crippen molar-refractivity contribution in [3.8, 4) is 17.1 Å². The van der Waals surface area contributed by atoms with Gasteiger partial charge in [0.1, 0.15) is 11.9 Å². The van der Waals surface area contributed by atoms with Gasteiger partial charge < -0.3 is 20.1 Å². The molecule has 4 rings (SSSR count). The lowest BCUT2D eigenvalue weighted by molar-refractivity contribution is 0.0859. The second-order valence-corrected chi connectivity index (χ2v) is 9.85. The van der Waals surface area contributed by atoms with Crippen LogP contribution in [-0.2, 0) is 4.74 Å². The molecule has 3 heterocycles. The second-order valence-electron chi connectivity index (χ2n) is 9.85. The highest BCUT2D eigenvalue weighted by atomic mass is 19.1. The SMILES string of the molecule is C=N/C(=C\C(=C/C)c1ccc(-c2ncc(N(C)[C@@H]3C[C@@]4(C)CC[C@](C)(N4)[C@@H]3F)nn2)c(O)c1)OC. The molecule has 2 aliphatic heterocycles. The predicted octanol–water partition coefficient (Wildman–Crippen LogP) is 4.28. The van der Waals surface area contributed by atoms with Crippen molar-refractivity contribution >= 4 is 18.1 Å². The molecule has 2 saturated heterocycles. The Hall–Kier alpha value is -3.33. The number of aromatic hydroxyl groups is 1. The van der Waals surface area contributed by atoms with Crippen LogP contribution >= 0.6 is 0 Å². The minimum atomic E-state index is -1.04. The number of benzene rings is 1. The molecule has 1 aromatic heterocycles. The first-order valence-electron chi connectivity index (χ1n) is 11.7. The fourth-order valence-corrected chi connectivity index (χ4v) is 5.29. The van der Waals surface area contributed by atoms with Crippen LogP contribution in [0.2, 0.25) is 0 Å². The summed E-state index contributed by atoms with van der Waals surface area (Å²) in [5.41, 5.74) is 1.41. The van der Waals surface area contributed by atoms with Gasteiger partial charge in [0, 0.05) is 24.2 Å². The number of hydrogen-bond acceptors (Lipinski definition) is 8. The lowest BCUT2D eigenvalue weighted by atomic mass is 9.82. The number of rotatable bonds is 7. The third-order valence-corrected chi connectivity index (χ3v) is 7.32. The molecule has 2 aliphatic rings. The van der Waals surface area contributed by atoms with E-state index in [4.69, 9.17) is 4.74 Å². The number of piperidine rings is 1. The van der Waals surface area contributed by atoms with Gasteiger partial charge in [-0.1, -0.05) is 12.1 Å². The molecule has 2 aromatic rings. The van der Waals surface area contributed by atoms with Crippen LogP contribution in [0.3, 0.4) is 0 Å². The molecule has 2 fully saturated rings. The summed E-state index contributed by atoms with van der Waals surface area (Å²) in [6.07, 6.45) is 6.61. The average Bonchev–Trinajstić information content (AvgIpc) is 3.13. The van der Waals surface area contributed by atoms with E-state index in [9.17, 15) is 5.11 Å². The largest absolute Gasteiger partial charge is 0.507 e. The number of methoxy groups -OCH3 is 1. The smallest absolute Gasteiger partial charge is 0.212 e. The van der Waals surface area contributed by atoms with Crippen LogP contribution in [0.1, 0.15) is 45.6 Å². The molecule has 1 aromatic carbocycles. The van der Waals surface area contributed by atoms with Gasteiger partial charge in [-0.15, -0.1) is 10.2 Å². The predicted molar refractivity (Wildman–Crippen MR) is 136 cm³/mol. The van der Waals surface area contributed by atoms with E-state index in [2.05, 4.69) is 39.1 Å². The van der Waals surface area contributed by atoms with Crippen molar-refractivity contribution in [3.05, 3.63) is 48.0 Å². The number of phenols is 1. The third-order valence-electron chi connectivity index (χ3n) is 7.32. The quantitative estimate of drug-likeness (QED) is 0.347. The van der Waals surface area contributed by atoms with Crippen LogP contribution in [0.15, 0.2) is 47.4 Å². The van der Waals surface area contributed by atoms with Crippen molar-refractivity contribution in [1.82, 2.24) is 20.5 Å². The van der Waals surface area contributed by atoms with Crippen LogP contribution in [0.4, 0.5) is 10.2 Å². The fraction of sp³-hybridized carbons (Fsp3) is 0.462. The monoisotopic (exact) mass is 480 g/mol. The van der Waals surface area contributed by atoms with Crippen molar-refractivity contribution in [2.45, 2.75) is 63.3 Å². The molecule has 9 heteroatoms. The van der Waals surface area contributed by atoms with Crippen molar-refractivity contribution in [1.29, 1.82) is 0 Å². The number of ether oxygens (including phenoxy) is 1. The van der Waals surface area contributed by atoms with Crippen LogP contribution in [-0.4, -0.2) is 64.5 Å². The summed E-state index contributed by atoms with van der Waals surface area (Å²) in [4.78, 5) is 10.1. The molecule has 35 heavy (non-hydrogen) atoms. The maximum absolute atomic E-state index is 15.5. The Balaban J connectivity index is 1.55. The van der Waals surface area contributed by atoms with E-state index < -0.39 is 11.7 Å². The number of aromatic nitrogens is 3. The minimum absolute atomic E-state index is 0.0169. The summed E-state index contributed by atoms with van der Waals surface area (Å²) in [6.45, 7) is 9.48. The molecule has 0 saturated carbocycles. The Labute approximate surface area is 205 Å². The van der Waals surface area contributed by atoms with E-state index in [-0.39, 0.29) is 23.2 Å². The molecule has 0 radical (unpaired) electrons. The summed E-state index contributed by atoms with van der Waals surface area (Å²) >= 11 is 0. The maximum atomic E-state index is 15.5. The van der Waals surface area contributed by atoms with Gasteiger partial charge >= 0.3 is 0 Å². The van der Waals surface area contributed by atoms with Crippen LogP contribution in [0, 0.1) is 0 Å². The molecule has 0 amide bonds. The minimum Gasteiger partial charge on any atom is -0.507 e. The van der Waals surface area contributed by atoms with Crippen molar-refractivity contribution in [2.24, 2.45) is 4.99 Å².